The highest BCUT2D eigenvalue weighted by atomic mass is 32.1. The topological polar surface area (TPSA) is 53.4 Å². The van der Waals surface area contributed by atoms with E-state index >= 15 is 0 Å². The summed E-state index contributed by atoms with van der Waals surface area (Å²) >= 11 is 1.56. The second kappa shape index (κ2) is 7.02. The number of aliphatic hydroxyl groups excluding tert-OH is 1. The lowest BCUT2D eigenvalue weighted by Crippen LogP contribution is -2.26. The SMILES string of the molecule is Cc1ncsc1CN(C)C(=O)c1ccc(C#CCO)cc1. The van der Waals surface area contributed by atoms with Crippen molar-refractivity contribution in [3.05, 3.63) is 51.5 Å². The first-order valence-corrected chi connectivity index (χ1v) is 7.34. The van der Waals surface area contributed by atoms with Crippen LogP contribution in [-0.2, 0) is 6.54 Å². The number of aromatic nitrogens is 1. The fraction of sp³-hybridized carbons (Fsp3) is 0.250. The van der Waals surface area contributed by atoms with Crippen LogP contribution in [-0.4, -0.2) is 34.6 Å². The number of hydrogen-bond acceptors (Lipinski definition) is 4. The van der Waals surface area contributed by atoms with E-state index in [0.29, 0.717) is 12.1 Å². The van der Waals surface area contributed by atoms with Gasteiger partial charge in [-0.2, -0.15) is 0 Å². The van der Waals surface area contributed by atoms with Gasteiger partial charge in [0.1, 0.15) is 6.61 Å². The van der Waals surface area contributed by atoms with Crippen LogP contribution in [0.3, 0.4) is 0 Å². The molecule has 0 aliphatic heterocycles. The monoisotopic (exact) mass is 300 g/mol. The van der Waals surface area contributed by atoms with Gasteiger partial charge in [0, 0.05) is 23.1 Å². The molecule has 0 saturated carbocycles. The molecule has 21 heavy (non-hydrogen) atoms. The van der Waals surface area contributed by atoms with Crippen molar-refractivity contribution in [3.63, 3.8) is 0 Å². The molecule has 0 radical (unpaired) electrons. The molecule has 1 aromatic carbocycles. The Morgan fingerprint density at radius 2 is 2.10 bits per heavy atom. The summed E-state index contributed by atoms with van der Waals surface area (Å²) in [5.74, 6) is 5.34. The fourth-order valence-electron chi connectivity index (χ4n) is 1.82. The highest BCUT2D eigenvalue weighted by Gasteiger charge is 2.13. The zero-order chi connectivity index (χ0) is 15.2. The van der Waals surface area contributed by atoms with E-state index in [-0.39, 0.29) is 12.5 Å². The molecule has 0 unspecified atom stereocenters. The predicted molar refractivity (Wildman–Crippen MR) is 83.1 cm³/mol. The van der Waals surface area contributed by atoms with E-state index in [4.69, 9.17) is 5.11 Å². The molecule has 1 heterocycles. The fourth-order valence-corrected chi connectivity index (χ4v) is 2.65. The van der Waals surface area contributed by atoms with Crippen molar-refractivity contribution in [2.45, 2.75) is 13.5 Å². The number of amides is 1. The maximum absolute atomic E-state index is 12.3. The molecule has 4 nitrogen and oxygen atoms in total. The Morgan fingerprint density at radius 1 is 1.38 bits per heavy atom. The minimum Gasteiger partial charge on any atom is -0.384 e. The zero-order valence-corrected chi connectivity index (χ0v) is 12.8. The lowest BCUT2D eigenvalue weighted by molar-refractivity contribution is 0.0786. The summed E-state index contributed by atoms with van der Waals surface area (Å²) < 4.78 is 0. The van der Waals surface area contributed by atoms with Gasteiger partial charge in [-0.05, 0) is 31.2 Å². The molecular weight excluding hydrogens is 284 g/mol. The number of carbonyl (C=O) groups is 1. The smallest absolute Gasteiger partial charge is 0.253 e. The Kier molecular flexibility index (Phi) is 5.09. The molecule has 1 aromatic heterocycles. The standard InChI is InChI=1S/C16H16N2O2S/c1-12-15(21-11-17-12)10-18(2)16(20)14-7-5-13(6-8-14)4-3-9-19/h5-8,11,19H,9-10H2,1-2H3. The van der Waals surface area contributed by atoms with Crippen molar-refractivity contribution in [3.8, 4) is 11.8 Å². The summed E-state index contributed by atoms with van der Waals surface area (Å²) in [5.41, 5.74) is 4.16. The van der Waals surface area contributed by atoms with Gasteiger partial charge in [-0.25, -0.2) is 4.98 Å². The molecule has 1 amide bonds. The van der Waals surface area contributed by atoms with E-state index in [0.717, 1.165) is 16.1 Å². The van der Waals surface area contributed by atoms with Gasteiger partial charge in [0.2, 0.25) is 0 Å². The molecule has 5 heteroatoms. The summed E-state index contributed by atoms with van der Waals surface area (Å²) in [6.07, 6.45) is 0. The number of benzene rings is 1. The van der Waals surface area contributed by atoms with Crippen LogP contribution in [0.4, 0.5) is 0 Å². The third-order valence-corrected chi connectivity index (χ3v) is 3.94. The van der Waals surface area contributed by atoms with Gasteiger partial charge in [0.25, 0.3) is 5.91 Å². The molecule has 0 atom stereocenters. The molecule has 0 spiro atoms. The number of thiazole rings is 1. The maximum atomic E-state index is 12.3. The van der Waals surface area contributed by atoms with Gasteiger partial charge >= 0.3 is 0 Å². The minimum atomic E-state index is -0.169. The van der Waals surface area contributed by atoms with E-state index in [1.165, 1.54) is 0 Å². The maximum Gasteiger partial charge on any atom is 0.253 e. The van der Waals surface area contributed by atoms with Gasteiger partial charge in [0.15, 0.2) is 0 Å². The van der Waals surface area contributed by atoms with Gasteiger partial charge in [0.05, 0.1) is 17.7 Å². The summed E-state index contributed by atoms with van der Waals surface area (Å²) in [4.78, 5) is 19.3. The Balaban J connectivity index is 2.07. The first-order valence-electron chi connectivity index (χ1n) is 6.46. The van der Waals surface area contributed by atoms with Crippen LogP contribution in [0.5, 0.6) is 0 Å². The van der Waals surface area contributed by atoms with Crippen LogP contribution < -0.4 is 0 Å². The Morgan fingerprint density at radius 3 is 2.67 bits per heavy atom. The molecule has 0 aliphatic carbocycles. The highest BCUT2D eigenvalue weighted by molar-refractivity contribution is 7.09. The third kappa shape index (κ3) is 3.91. The lowest BCUT2D eigenvalue weighted by Gasteiger charge is -2.16. The highest BCUT2D eigenvalue weighted by Crippen LogP contribution is 2.16. The van der Waals surface area contributed by atoms with E-state index in [1.807, 2.05) is 6.92 Å². The molecule has 108 valence electrons. The molecule has 0 bridgehead atoms. The summed E-state index contributed by atoms with van der Waals surface area (Å²) in [6, 6.07) is 7.06. The zero-order valence-electron chi connectivity index (χ0n) is 12.0. The van der Waals surface area contributed by atoms with E-state index < -0.39 is 0 Å². The molecule has 2 rings (SSSR count). The lowest BCUT2D eigenvalue weighted by atomic mass is 10.1. The first-order chi connectivity index (χ1) is 10.1. The predicted octanol–water partition coefficient (Wildman–Crippen LogP) is 2.07. The number of nitrogens with zero attached hydrogens (tertiary/aromatic N) is 2. The van der Waals surface area contributed by atoms with Crippen molar-refractivity contribution in [1.82, 2.24) is 9.88 Å². The van der Waals surface area contributed by atoms with Crippen LogP contribution in [0.15, 0.2) is 29.8 Å². The van der Waals surface area contributed by atoms with Crippen molar-refractivity contribution >= 4 is 17.2 Å². The molecule has 0 aliphatic rings. The van der Waals surface area contributed by atoms with Crippen molar-refractivity contribution in [1.29, 1.82) is 0 Å². The van der Waals surface area contributed by atoms with Gasteiger partial charge < -0.3 is 10.0 Å². The summed E-state index contributed by atoms with van der Waals surface area (Å²) in [7, 11) is 1.78. The molecule has 0 fully saturated rings. The van der Waals surface area contributed by atoms with Crippen LogP contribution in [0.1, 0.15) is 26.5 Å². The van der Waals surface area contributed by atoms with E-state index in [9.17, 15) is 4.79 Å². The first kappa shape index (κ1) is 15.2. The Hall–Kier alpha value is -2.16. The Labute approximate surface area is 128 Å². The minimum absolute atomic E-state index is 0.0375. The van der Waals surface area contributed by atoms with Crippen LogP contribution in [0.2, 0.25) is 0 Å². The van der Waals surface area contributed by atoms with Crippen LogP contribution in [0, 0.1) is 18.8 Å². The van der Waals surface area contributed by atoms with E-state index in [1.54, 1.807) is 53.1 Å². The molecule has 0 saturated heterocycles. The second-order valence-electron chi connectivity index (χ2n) is 4.56. The van der Waals surface area contributed by atoms with Crippen LogP contribution >= 0.6 is 11.3 Å². The Bertz CT molecular complexity index is 680. The quantitative estimate of drug-likeness (QED) is 0.883. The average Bonchev–Trinajstić information content (AvgIpc) is 2.90. The number of rotatable bonds is 3. The molecule has 2 aromatic rings. The number of aliphatic hydroxyl groups is 1. The number of aryl methyl sites for hydroxylation is 1. The van der Waals surface area contributed by atoms with Crippen LogP contribution in [0.25, 0.3) is 0 Å². The van der Waals surface area contributed by atoms with Gasteiger partial charge in [-0.1, -0.05) is 11.8 Å². The normalized spacial score (nSPS) is 9.86. The second-order valence-corrected chi connectivity index (χ2v) is 5.50. The third-order valence-electron chi connectivity index (χ3n) is 3.02. The largest absolute Gasteiger partial charge is 0.384 e. The summed E-state index contributed by atoms with van der Waals surface area (Å²) in [6.45, 7) is 2.33. The average molecular weight is 300 g/mol. The van der Waals surface area contributed by atoms with Gasteiger partial charge in [-0.15, -0.1) is 11.3 Å². The molecule has 1 N–H and O–H groups in total. The summed E-state index contributed by atoms with van der Waals surface area (Å²) in [5, 5.41) is 8.65. The van der Waals surface area contributed by atoms with Crippen molar-refractivity contribution in [2.24, 2.45) is 0 Å². The van der Waals surface area contributed by atoms with Crippen molar-refractivity contribution < 1.29 is 9.90 Å². The number of carbonyl (C=O) groups excluding carboxylic acids is 1. The van der Waals surface area contributed by atoms with E-state index in [2.05, 4.69) is 16.8 Å². The van der Waals surface area contributed by atoms with Gasteiger partial charge in [-0.3, -0.25) is 4.79 Å². The van der Waals surface area contributed by atoms with Crippen molar-refractivity contribution in [2.75, 3.05) is 13.7 Å². The molecular formula is C16H16N2O2S. The number of hydrogen-bond donors (Lipinski definition) is 1.